The van der Waals surface area contributed by atoms with E-state index in [1.165, 1.54) is 46.6 Å². The molecule has 0 bridgehead atoms. The molecule has 8 nitrogen and oxygen atoms in total. The number of rotatable bonds is 7. The molecule has 27 heavy (non-hydrogen) atoms. The summed E-state index contributed by atoms with van der Waals surface area (Å²) in [6.07, 6.45) is 1.53. The van der Waals surface area contributed by atoms with Crippen molar-refractivity contribution in [2.24, 2.45) is 0 Å². The summed E-state index contributed by atoms with van der Waals surface area (Å²) in [7, 11) is 5.79. The summed E-state index contributed by atoms with van der Waals surface area (Å²) in [5, 5.41) is 20.8. The number of hydrogen-bond donors (Lipinski definition) is 0. The van der Waals surface area contributed by atoms with Crippen LogP contribution < -0.4 is 18.9 Å². The topological polar surface area (TPSA) is 104 Å². The van der Waals surface area contributed by atoms with Gasteiger partial charge in [0, 0.05) is 6.07 Å². The molecule has 0 amide bonds. The number of nitrogens with zero attached hydrogens (tertiary/aromatic N) is 2. The van der Waals surface area contributed by atoms with Gasteiger partial charge in [-0.05, 0) is 35.4 Å². The number of ether oxygens (including phenoxy) is 4. The van der Waals surface area contributed by atoms with E-state index in [0.717, 1.165) is 0 Å². The minimum absolute atomic E-state index is 0.142. The van der Waals surface area contributed by atoms with Crippen LogP contribution in [0.5, 0.6) is 23.0 Å². The van der Waals surface area contributed by atoms with Crippen LogP contribution in [0.4, 0.5) is 5.69 Å². The average Bonchev–Trinajstić information content (AvgIpc) is 2.70. The van der Waals surface area contributed by atoms with E-state index < -0.39 is 4.92 Å². The van der Waals surface area contributed by atoms with Crippen molar-refractivity contribution < 1.29 is 23.9 Å². The fourth-order valence-corrected chi connectivity index (χ4v) is 2.52. The van der Waals surface area contributed by atoms with E-state index in [1.54, 1.807) is 18.2 Å². The minimum Gasteiger partial charge on any atom is -0.493 e. The van der Waals surface area contributed by atoms with Crippen molar-refractivity contribution in [3.05, 3.63) is 51.6 Å². The number of nitro benzene ring substituents is 1. The van der Waals surface area contributed by atoms with E-state index in [1.807, 2.05) is 0 Å². The maximum atomic E-state index is 11.2. The molecule has 2 aromatic carbocycles. The third-order valence-corrected chi connectivity index (χ3v) is 3.81. The van der Waals surface area contributed by atoms with Crippen LogP contribution in [0.2, 0.25) is 0 Å². The summed E-state index contributed by atoms with van der Waals surface area (Å²) in [4.78, 5) is 10.6. The van der Waals surface area contributed by atoms with Crippen LogP contribution in [0.15, 0.2) is 30.3 Å². The predicted molar refractivity (Wildman–Crippen MR) is 99.2 cm³/mol. The highest BCUT2D eigenvalue weighted by molar-refractivity contribution is 5.91. The fraction of sp³-hybridized carbons (Fsp3) is 0.211. The molecular weight excluding hydrogens is 352 g/mol. The van der Waals surface area contributed by atoms with E-state index in [0.29, 0.717) is 28.4 Å². The molecule has 0 saturated carbocycles. The molecule has 0 radical (unpaired) electrons. The van der Waals surface area contributed by atoms with Crippen LogP contribution in [-0.4, -0.2) is 33.4 Å². The number of benzene rings is 2. The molecule has 2 rings (SSSR count). The second kappa shape index (κ2) is 8.58. The van der Waals surface area contributed by atoms with Crippen molar-refractivity contribution in [1.82, 2.24) is 0 Å². The van der Waals surface area contributed by atoms with Gasteiger partial charge in [-0.25, -0.2) is 0 Å². The normalized spacial score (nSPS) is 10.7. The van der Waals surface area contributed by atoms with Gasteiger partial charge in [0.1, 0.15) is 0 Å². The van der Waals surface area contributed by atoms with E-state index in [4.69, 9.17) is 18.9 Å². The quantitative estimate of drug-likeness (QED) is 0.317. The van der Waals surface area contributed by atoms with Crippen LogP contribution in [-0.2, 0) is 0 Å². The Morgan fingerprint density at radius 2 is 1.59 bits per heavy atom. The smallest absolute Gasteiger partial charge is 0.311 e. The lowest BCUT2D eigenvalue weighted by molar-refractivity contribution is -0.385. The van der Waals surface area contributed by atoms with Gasteiger partial charge in [0.05, 0.1) is 45.0 Å². The van der Waals surface area contributed by atoms with Gasteiger partial charge in [-0.1, -0.05) is 6.07 Å². The highest BCUT2D eigenvalue weighted by Gasteiger charge is 2.17. The first kappa shape index (κ1) is 19.6. The third-order valence-electron chi connectivity index (χ3n) is 3.81. The number of hydrogen-bond acceptors (Lipinski definition) is 7. The van der Waals surface area contributed by atoms with Crippen LogP contribution >= 0.6 is 0 Å². The van der Waals surface area contributed by atoms with Crippen molar-refractivity contribution in [2.45, 2.75) is 0 Å². The SMILES string of the molecule is COc1ccc(/C=C(/C#N)c2cc(OC)c(OC)c(OC)c2)cc1[N+](=O)[O-]. The van der Waals surface area contributed by atoms with Gasteiger partial charge in [0.15, 0.2) is 17.2 Å². The van der Waals surface area contributed by atoms with Gasteiger partial charge in [-0.15, -0.1) is 0 Å². The molecule has 0 aliphatic rings. The van der Waals surface area contributed by atoms with Gasteiger partial charge in [-0.3, -0.25) is 10.1 Å². The predicted octanol–water partition coefficient (Wildman–Crippen LogP) is 3.69. The largest absolute Gasteiger partial charge is 0.493 e. The molecule has 0 heterocycles. The highest BCUT2D eigenvalue weighted by atomic mass is 16.6. The van der Waals surface area contributed by atoms with Crippen molar-refractivity contribution >= 4 is 17.3 Å². The molecule has 2 aromatic rings. The Balaban J connectivity index is 2.59. The molecule has 0 N–H and O–H groups in total. The lowest BCUT2D eigenvalue weighted by Gasteiger charge is -2.13. The van der Waals surface area contributed by atoms with Crippen molar-refractivity contribution in [2.75, 3.05) is 28.4 Å². The Kier molecular flexibility index (Phi) is 6.23. The molecule has 0 aromatic heterocycles. The maximum absolute atomic E-state index is 11.2. The molecule has 0 atom stereocenters. The highest BCUT2D eigenvalue weighted by Crippen LogP contribution is 2.40. The van der Waals surface area contributed by atoms with E-state index in [9.17, 15) is 15.4 Å². The summed E-state index contributed by atoms with van der Waals surface area (Å²) < 4.78 is 20.9. The standard InChI is InChI=1S/C19H18N2O6/c1-24-16-6-5-12(8-15(16)21(22)23)7-14(11-20)13-9-17(25-2)19(27-4)18(10-13)26-3/h5-10H,1-4H3/b14-7-. The number of nitriles is 1. The second-order valence-corrected chi connectivity index (χ2v) is 5.27. The van der Waals surface area contributed by atoms with E-state index >= 15 is 0 Å². The first-order valence-electron chi connectivity index (χ1n) is 7.73. The molecule has 0 unspecified atom stereocenters. The first-order chi connectivity index (χ1) is 13.0. The number of methoxy groups -OCH3 is 4. The molecule has 0 saturated heterocycles. The summed E-state index contributed by atoms with van der Waals surface area (Å²) in [6.45, 7) is 0. The summed E-state index contributed by atoms with van der Waals surface area (Å²) >= 11 is 0. The lowest BCUT2D eigenvalue weighted by Crippen LogP contribution is -1.97. The number of nitro groups is 1. The molecule has 140 valence electrons. The monoisotopic (exact) mass is 370 g/mol. The van der Waals surface area contributed by atoms with Gasteiger partial charge >= 0.3 is 5.69 Å². The van der Waals surface area contributed by atoms with Crippen molar-refractivity contribution in [1.29, 1.82) is 5.26 Å². The molecule has 0 spiro atoms. The Labute approximate surface area is 156 Å². The van der Waals surface area contributed by atoms with Crippen LogP contribution in [0, 0.1) is 21.4 Å². The minimum atomic E-state index is -0.540. The second-order valence-electron chi connectivity index (χ2n) is 5.27. The first-order valence-corrected chi connectivity index (χ1v) is 7.73. The zero-order valence-corrected chi connectivity index (χ0v) is 15.3. The van der Waals surface area contributed by atoms with E-state index in [-0.39, 0.29) is 17.0 Å². The van der Waals surface area contributed by atoms with E-state index in [2.05, 4.69) is 6.07 Å². The van der Waals surface area contributed by atoms with Crippen molar-refractivity contribution in [3.8, 4) is 29.1 Å². The van der Waals surface area contributed by atoms with Gasteiger partial charge in [0.25, 0.3) is 0 Å². The maximum Gasteiger partial charge on any atom is 0.311 e. The zero-order valence-electron chi connectivity index (χ0n) is 15.3. The summed E-state index contributed by atoms with van der Waals surface area (Å²) in [5.74, 6) is 1.34. The van der Waals surface area contributed by atoms with Gasteiger partial charge in [-0.2, -0.15) is 5.26 Å². The molecule has 8 heteroatoms. The Hall–Kier alpha value is -3.73. The number of allylic oxidation sites excluding steroid dienone is 1. The summed E-state index contributed by atoms with van der Waals surface area (Å²) in [6, 6.07) is 9.81. The van der Waals surface area contributed by atoms with Crippen LogP contribution in [0.1, 0.15) is 11.1 Å². The van der Waals surface area contributed by atoms with Crippen molar-refractivity contribution in [3.63, 3.8) is 0 Å². The fourth-order valence-electron chi connectivity index (χ4n) is 2.52. The molecule has 0 fully saturated rings. The lowest BCUT2D eigenvalue weighted by atomic mass is 10.0. The Bertz CT molecular complexity index is 905. The Morgan fingerprint density at radius 3 is 2.04 bits per heavy atom. The van der Waals surface area contributed by atoms with Gasteiger partial charge < -0.3 is 18.9 Å². The molecule has 0 aliphatic carbocycles. The third kappa shape index (κ3) is 4.10. The van der Waals surface area contributed by atoms with Crippen LogP contribution in [0.25, 0.3) is 11.6 Å². The zero-order chi connectivity index (χ0) is 20.0. The molecular formula is C19H18N2O6. The van der Waals surface area contributed by atoms with Gasteiger partial charge in [0.2, 0.25) is 5.75 Å². The average molecular weight is 370 g/mol. The van der Waals surface area contributed by atoms with Crippen LogP contribution in [0.3, 0.4) is 0 Å². The Morgan fingerprint density at radius 1 is 1.00 bits per heavy atom. The molecule has 0 aliphatic heterocycles. The summed E-state index contributed by atoms with van der Waals surface area (Å²) in [5.41, 5.74) is 1.08.